The predicted molar refractivity (Wildman–Crippen MR) is 42.0 cm³/mol. The molecule has 1 rings (SSSR count). The van der Waals surface area contributed by atoms with Crippen molar-refractivity contribution in [1.29, 1.82) is 0 Å². The highest BCUT2D eigenvalue weighted by molar-refractivity contribution is 5.85. The van der Waals surface area contributed by atoms with Gasteiger partial charge in [-0.05, 0) is 12.1 Å². The van der Waals surface area contributed by atoms with Gasteiger partial charge in [0, 0.05) is 6.07 Å². The van der Waals surface area contributed by atoms with Gasteiger partial charge in [-0.15, -0.1) is 12.4 Å². The van der Waals surface area contributed by atoms with Gasteiger partial charge in [0.05, 0.1) is 0 Å². The summed E-state index contributed by atoms with van der Waals surface area (Å²) in [5.74, 6) is 6.93. The summed E-state index contributed by atoms with van der Waals surface area (Å²) in [4.78, 5) is 0. The summed E-state index contributed by atoms with van der Waals surface area (Å²) in [6.07, 6.45) is 0. The quantitative estimate of drug-likeness (QED) is 0.468. The van der Waals surface area contributed by atoms with Crippen LogP contribution in [0, 0.1) is 11.6 Å². The van der Waals surface area contributed by atoms with E-state index in [-0.39, 0.29) is 12.4 Å². The van der Waals surface area contributed by atoms with Gasteiger partial charge in [-0.25, -0.2) is 8.78 Å². The fourth-order valence-corrected chi connectivity index (χ4v) is 0.460. The first-order valence-corrected chi connectivity index (χ1v) is 2.53. The second kappa shape index (κ2) is 7.40. The normalized spacial score (nSPS) is 7.27. The molecule has 0 amide bonds. The van der Waals surface area contributed by atoms with Crippen molar-refractivity contribution >= 4 is 12.4 Å². The van der Waals surface area contributed by atoms with E-state index < -0.39 is 11.6 Å². The largest absolute Gasteiger partial charge is 0.274 e. The lowest BCUT2D eigenvalue weighted by molar-refractivity contribution is 0.583. The van der Waals surface area contributed by atoms with Gasteiger partial charge in [-0.2, -0.15) is 0 Å². The van der Waals surface area contributed by atoms with Crippen LogP contribution in [0.5, 0.6) is 0 Å². The number of hydrogen-bond acceptors (Lipinski definition) is 2. The van der Waals surface area contributed by atoms with Gasteiger partial charge in [0.2, 0.25) is 0 Å². The number of nitrogens with two attached hydrogens (primary N) is 2. The third kappa shape index (κ3) is 5.72. The summed E-state index contributed by atoms with van der Waals surface area (Å²) in [6.45, 7) is 0. The molecule has 1 aromatic carbocycles. The summed E-state index contributed by atoms with van der Waals surface area (Å²) >= 11 is 0. The fourth-order valence-electron chi connectivity index (χ4n) is 0.460. The molecule has 64 valence electrons. The van der Waals surface area contributed by atoms with Crippen molar-refractivity contribution in [1.82, 2.24) is 0 Å². The molecule has 2 nitrogen and oxygen atoms in total. The molecule has 0 fully saturated rings. The first kappa shape index (κ1) is 12.9. The van der Waals surface area contributed by atoms with Crippen LogP contribution < -0.4 is 11.7 Å². The van der Waals surface area contributed by atoms with E-state index in [4.69, 9.17) is 0 Å². The van der Waals surface area contributed by atoms with Crippen molar-refractivity contribution in [2.45, 2.75) is 0 Å². The molecule has 5 heteroatoms. The van der Waals surface area contributed by atoms with Crippen LogP contribution in [-0.2, 0) is 0 Å². The Balaban J connectivity index is 0. The zero-order valence-electron chi connectivity index (χ0n) is 5.63. The first-order valence-electron chi connectivity index (χ1n) is 2.53. The molecule has 0 aliphatic rings. The lowest BCUT2D eigenvalue weighted by Crippen LogP contribution is -2.02. The lowest BCUT2D eigenvalue weighted by atomic mass is 10.3. The van der Waals surface area contributed by atoms with Crippen molar-refractivity contribution in [2.24, 2.45) is 11.7 Å². The monoisotopic (exact) mass is 182 g/mol. The van der Waals surface area contributed by atoms with E-state index in [1.807, 2.05) is 0 Å². The topological polar surface area (TPSA) is 52.0 Å². The SMILES string of the molecule is Cl.Fc1cccc(F)c1.NN. The maximum absolute atomic E-state index is 11.9. The summed E-state index contributed by atoms with van der Waals surface area (Å²) in [5, 5.41) is 0. The first-order chi connectivity index (χ1) is 4.79. The van der Waals surface area contributed by atoms with E-state index in [2.05, 4.69) is 11.7 Å². The van der Waals surface area contributed by atoms with Crippen LogP contribution in [0.3, 0.4) is 0 Å². The molecule has 0 radical (unpaired) electrons. The van der Waals surface area contributed by atoms with E-state index in [1.54, 1.807) is 0 Å². The number of halogens is 3. The highest BCUT2D eigenvalue weighted by atomic mass is 35.5. The van der Waals surface area contributed by atoms with Crippen LogP contribution in [0.4, 0.5) is 8.78 Å². The van der Waals surface area contributed by atoms with Crippen molar-refractivity contribution in [3.8, 4) is 0 Å². The predicted octanol–water partition coefficient (Wildman–Crippen LogP) is 1.21. The molecular weight excluding hydrogens is 174 g/mol. The standard InChI is InChI=1S/C6H4F2.ClH.H4N2/c7-5-2-1-3-6(8)4-5;;1-2/h1-4H;1H;1-2H2. The Labute approximate surface area is 69.6 Å². The molecule has 0 bridgehead atoms. The van der Waals surface area contributed by atoms with Crippen molar-refractivity contribution in [3.05, 3.63) is 35.9 Å². The Hall–Kier alpha value is -0.710. The second-order valence-corrected chi connectivity index (χ2v) is 1.44. The number of benzene rings is 1. The molecule has 0 unspecified atom stereocenters. The van der Waals surface area contributed by atoms with Crippen LogP contribution in [0.1, 0.15) is 0 Å². The third-order valence-electron chi connectivity index (χ3n) is 0.787. The molecular formula is C6H9ClF2N2. The van der Waals surface area contributed by atoms with Crippen molar-refractivity contribution in [3.63, 3.8) is 0 Å². The highest BCUT2D eigenvalue weighted by Gasteiger charge is 1.88. The van der Waals surface area contributed by atoms with E-state index in [9.17, 15) is 8.78 Å². The maximum Gasteiger partial charge on any atom is 0.126 e. The third-order valence-corrected chi connectivity index (χ3v) is 0.787. The molecule has 0 aliphatic carbocycles. The van der Waals surface area contributed by atoms with Gasteiger partial charge >= 0.3 is 0 Å². The number of hydrogen-bond donors (Lipinski definition) is 2. The van der Waals surface area contributed by atoms with E-state index in [0.717, 1.165) is 6.07 Å². The Bertz CT molecular complexity index is 178. The minimum atomic E-state index is -0.537. The molecule has 0 atom stereocenters. The van der Waals surface area contributed by atoms with Gasteiger partial charge in [0.15, 0.2) is 0 Å². The zero-order valence-corrected chi connectivity index (χ0v) is 6.44. The Morgan fingerprint density at radius 1 is 1.00 bits per heavy atom. The molecule has 0 spiro atoms. The Kier molecular flexibility index (Phi) is 8.69. The summed E-state index contributed by atoms with van der Waals surface area (Å²) in [6, 6.07) is 4.55. The van der Waals surface area contributed by atoms with Crippen molar-refractivity contribution < 1.29 is 8.78 Å². The molecule has 1 aromatic rings. The fraction of sp³-hybridized carbons (Fsp3) is 0. The zero-order chi connectivity index (χ0) is 7.98. The molecule has 0 aromatic heterocycles. The average molecular weight is 183 g/mol. The van der Waals surface area contributed by atoms with Gasteiger partial charge < -0.3 is 0 Å². The van der Waals surface area contributed by atoms with E-state index in [1.165, 1.54) is 18.2 Å². The minimum Gasteiger partial charge on any atom is -0.274 e. The van der Waals surface area contributed by atoms with Crippen LogP contribution in [0.25, 0.3) is 0 Å². The maximum atomic E-state index is 11.9. The highest BCUT2D eigenvalue weighted by Crippen LogP contribution is 1.99. The smallest absolute Gasteiger partial charge is 0.126 e. The van der Waals surface area contributed by atoms with Gasteiger partial charge in [-0.3, -0.25) is 11.7 Å². The van der Waals surface area contributed by atoms with E-state index >= 15 is 0 Å². The summed E-state index contributed by atoms with van der Waals surface area (Å²) in [5.41, 5.74) is 0. The summed E-state index contributed by atoms with van der Waals surface area (Å²) in [7, 11) is 0. The molecule has 0 heterocycles. The van der Waals surface area contributed by atoms with E-state index in [0.29, 0.717) is 0 Å². The van der Waals surface area contributed by atoms with Crippen molar-refractivity contribution in [2.75, 3.05) is 0 Å². The Morgan fingerprint density at radius 3 is 1.55 bits per heavy atom. The van der Waals surface area contributed by atoms with Gasteiger partial charge in [0.1, 0.15) is 11.6 Å². The molecule has 0 aliphatic heterocycles. The van der Waals surface area contributed by atoms with Crippen LogP contribution in [0.2, 0.25) is 0 Å². The van der Waals surface area contributed by atoms with Gasteiger partial charge in [0.25, 0.3) is 0 Å². The van der Waals surface area contributed by atoms with Crippen LogP contribution >= 0.6 is 12.4 Å². The molecule has 0 saturated heterocycles. The Morgan fingerprint density at radius 2 is 1.36 bits per heavy atom. The summed E-state index contributed by atoms with van der Waals surface area (Å²) < 4.78 is 23.9. The molecule has 0 saturated carbocycles. The second-order valence-electron chi connectivity index (χ2n) is 1.44. The molecule has 11 heavy (non-hydrogen) atoms. The molecule has 4 N–H and O–H groups in total. The van der Waals surface area contributed by atoms with Gasteiger partial charge in [-0.1, -0.05) is 6.07 Å². The van der Waals surface area contributed by atoms with Crippen LogP contribution in [0.15, 0.2) is 24.3 Å². The number of hydrazine groups is 1. The average Bonchev–Trinajstić information content (AvgIpc) is 1.91. The lowest BCUT2D eigenvalue weighted by Gasteiger charge is -1.84. The number of rotatable bonds is 0. The minimum absolute atomic E-state index is 0. The van der Waals surface area contributed by atoms with Crippen LogP contribution in [-0.4, -0.2) is 0 Å².